The zero-order valence-electron chi connectivity index (χ0n) is 10.0. The predicted octanol–water partition coefficient (Wildman–Crippen LogP) is 4.10. The second-order valence-corrected chi connectivity index (χ2v) is 5.98. The van der Waals surface area contributed by atoms with Crippen molar-refractivity contribution < 1.29 is 4.39 Å². The van der Waals surface area contributed by atoms with Crippen LogP contribution in [0.1, 0.15) is 17.2 Å². The largest absolute Gasteiger partial charge is 0.271 e. The normalized spacial score (nSPS) is 12.4. The van der Waals surface area contributed by atoms with E-state index < -0.39 is 0 Å². The van der Waals surface area contributed by atoms with Crippen LogP contribution in [-0.2, 0) is 6.42 Å². The van der Waals surface area contributed by atoms with Gasteiger partial charge >= 0.3 is 0 Å². The Kier molecular flexibility index (Phi) is 5.10. The van der Waals surface area contributed by atoms with Crippen LogP contribution in [0.4, 0.5) is 4.39 Å². The monoisotopic (exact) mass is 386 g/mol. The fourth-order valence-electron chi connectivity index (χ4n) is 1.90. The van der Waals surface area contributed by atoms with Crippen LogP contribution in [0.2, 0.25) is 0 Å². The molecule has 0 aliphatic heterocycles. The molecule has 0 radical (unpaired) electrons. The Bertz CT molecular complexity index is 575. The van der Waals surface area contributed by atoms with E-state index in [0.717, 1.165) is 20.1 Å². The zero-order valence-corrected chi connectivity index (χ0v) is 13.2. The number of rotatable bonds is 4. The van der Waals surface area contributed by atoms with E-state index >= 15 is 0 Å². The molecule has 5 heteroatoms. The molecule has 3 N–H and O–H groups in total. The van der Waals surface area contributed by atoms with Gasteiger partial charge in [0.2, 0.25) is 0 Å². The van der Waals surface area contributed by atoms with Gasteiger partial charge in [0, 0.05) is 8.95 Å². The topological polar surface area (TPSA) is 38.0 Å². The summed E-state index contributed by atoms with van der Waals surface area (Å²) in [4.78, 5) is 0. The first-order valence-electron chi connectivity index (χ1n) is 5.75. The van der Waals surface area contributed by atoms with Crippen molar-refractivity contribution in [3.8, 4) is 0 Å². The molecular formula is C14H13Br2FN2. The fourth-order valence-corrected chi connectivity index (χ4v) is 2.83. The summed E-state index contributed by atoms with van der Waals surface area (Å²) < 4.78 is 14.8. The maximum absolute atomic E-state index is 13.1. The molecule has 2 nitrogen and oxygen atoms in total. The molecule has 1 unspecified atom stereocenters. The first-order chi connectivity index (χ1) is 9.10. The van der Waals surface area contributed by atoms with Crippen molar-refractivity contribution >= 4 is 31.9 Å². The van der Waals surface area contributed by atoms with Gasteiger partial charge in [-0.1, -0.05) is 50.1 Å². The molecule has 0 aliphatic carbocycles. The van der Waals surface area contributed by atoms with E-state index in [1.807, 2.05) is 24.3 Å². The van der Waals surface area contributed by atoms with Gasteiger partial charge in [0.15, 0.2) is 0 Å². The van der Waals surface area contributed by atoms with Crippen molar-refractivity contribution in [2.24, 2.45) is 5.84 Å². The van der Waals surface area contributed by atoms with Crippen LogP contribution in [0.5, 0.6) is 0 Å². The van der Waals surface area contributed by atoms with Gasteiger partial charge in [-0.25, -0.2) is 4.39 Å². The van der Waals surface area contributed by atoms with E-state index in [1.165, 1.54) is 12.1 Å². The van der Waals surface area contributed by atoms with Gasteiger partial charge in [-0.3, -0.25) is 11.3 Å². The summed E-state index contributed by atoms with van der Waals surface area (Å²) in [5, 5.41) is 0. The van der Waals surface area contributed by atoms with E-state index in [-0.39, 0.29) is 11.9 Å². The van der Waals surface area contributed by atoms with Crippen LogP contribution >= 0.6 is 31.9 Å². The molecule has 2 aromatic carbocycles. The van der Waals surface area contributed by atoms with E-state index in [4.69, 9.17) is 5.84 Å². The highest BCUT2D eigenvalue weighted by molar-refractivity contribution is 9.10. The molecule has 2 aromatic rings. The molecule has 100 valence electrons. The summed E-state index contributed by atoms with van der Waals surface area (Å²) in [6.45, 7) is 0. The minimum atomic E-state index is -0.254. The third-order valence-corrected chi connectivity index (χ3v) is 4.12. The lowest BCUT2D eigenvalue weighted by atomic mass is 9.99. The number of hydrogen-bond donors (Lipinski definition) is 2. The summed E-state index contributed by atoms with van der Waals surface area (Å²) in [6.07, 6.45) is 0.674. The highest BCUT2D eigenvalue weighted by Gasteiger charge is 2.13. The predicted molar refractivity (Wildman–Crippen MR) is 82.0 cm³/mol. The van der Waals surface area contributed by atoms with Gasteiger partial charge in [-0.15, -0.1) is 0 Å². The molecule has 1 atom stereocenters. The number of halogens is 3. The van der Waals surface area contributed by atoms with Gasteiger partial charge in [-0.2, -0.15) is 0 Å². The van der Waals surface area contributed by atoms with Crippen molar-refractivity contribution in [2.75, 3.05) is 0 Å². The van der Waals surface area contributed by atoms with Crippen LogP contribution in [-0.4, -0.2) is 0 Å². The first-order valence-corrected chi connectivity index (χ1v) is 7.34. The smallest absolute Gasteiger partial charge is 0.124 e. The zero-order chi connectivity index (χ0) is 13.8. The quantitative estimate of drug-likeness (QED) is 0.612. The third kappa shape index (κ3) is 3.86. The standard InChI is InChI=1S/C14H13Br2FN2/c15-11-3-1-2-10(6-11)14(19-18)7-9-4-5-12(17)8-13(9)16/h1-6,8,14,19H,7,18H2. The Morgan fingerprint density at radius 3 is 2.58 bits per heavy atom. The van der Waals surface area contributed by atoms with Crippen LogP contribution in [0, 0.1) is 5.82 Å². The summed E-state index contributed by atoms with van der Waals surface area (Å²) in [5.74, 6) is 5.37. The maximum Gasteiger partial charge on any atom is 0.124 e. The number of hydrazine groups is 1. The summed E-state index contributed by atoms with van der Waals surface area (Å²) in [6, 6.07) is 12.6. The van der Waals surface area contributed by atoms with Crippen molar-refractivity contribution in [3.05, 3.63) is 68.4 Å². The molecule has 0 saturated carbocycles. The molecule has 0 heterocycles. The third-order valence-electron chi connectivity index (χ3n) is 2.89. The molecule has 0 fully saturated rings. The minimum Gasteiger partial charge on any atom is -0.271 e. The molecular weight excluding hydrogens is 375 g/mol. The molecule has 2 rings (SSSR count). The fraction of sp³-hybridized carbons (Fsp3) is 0.143. The number of nitrogens with one attached hydrogen (secondary N) is 1. The molecule has 0 amide bonds. The highest BCUT2D eigenvalue weighted by atomic mass is 79.9. The van der Waals surface area contributed by atoms with Crippen molar-refractivity contribution in [3.63, 3.8) is 0 Å². The van der Waals surface area contributed by atoms with Crippen LogP contribution < -0.4 is 11.3 Å². The van der Waals surface area contributed by atoms with E-state index in [9.17, 15) is 4.39 Å². The van der Waals surface area contributed by atoms with Crippen molar-refractivity contribution in [1.29, 1.82) is 0 Å². The SMILES string of the molecule is NNC(Cc1ccc(F)cc1Br)c1cccc(Br)c1. The number of benzene rings is 2. The lowest BCUT2D eigenvalue weighted by molar-refractivity contribution is 0.549. The Hall–Kier alpha value is -0.750. The first kappa shape index (κ1) is 14.7. The molecule has 19 heavy (non-hydrogen) atoms. The average molecular weight is 388 g/mol. The Morgan fingerprint density at radius 2 is 1.95 bits per heavy atom. The average Bonchev–Trinajstić information content (AvgIpc) is 2.38. The Labute approximate surface area is 128 Å². The van der Waals surface area contributed by atoms with E-state index in [2.05, 4.69) is 37.3 Å². The lowest BCUT2D eigenvalue weighted by Crippen LogP contribution is -2.29. The molecule has 0 saturated heterocycles. The molecule has 0 spiro atoms. The highest BCUT2D eigenvalue weighted by Crippen LogP contribution is 2.25. The lowest BCUT2D eigenvalue weighted by Gasteiger charge is -2.17. The van der Waals surface area contributed by atoms with E-state index in [1.54, 1.807) is 6.07 Å². The minimum absolute atomic E-state index is 0.0285. The van der Waals surface area contributed by atoms with Crippen molar-refractivity contribution in [2.45, 2.75) is 12.5 Å². The summed E-state index contributed by atoms with van der Waals surface area (Å²) in [7, 11) is 0. The second kappa shape index (κ2) is 6.61. The van der Waals surface area contributed by atoms with E-state index in [0.29, 0.717) is 6.42 Å². The van der Waals surface area contributed by atoms with Gasteiger partial charge in [-0.05, 0) is 41.8 Å². The van der Waals surface area contributed by atoms with Gasteiger partial charge in [0.05, 0.1) is 6.04 Å². The maximum atomic E-state index is 13.1. The summed E-state index contributed by atoms with van der Waals surface area (Å²) >= 11 is 6.82. The Balaban J connectivity index is 2.24. The molecule has 0 aliphatic rings. The number of nitrogens with two attached hydrogens (primary N) is 1. The molecule has 0 aromatic heterocycles. The van der Waals surface area contributed by atoms with Crippen LogP contribution in [0.3, 0.4) is 0 Å². The number of hydrogen-bond acceptors (Lipinski definition) is 2. The molecule has 0 bridgehead atoms. The van der Waals surface area contributed by atoms with Crippen LogP contribution in [0.25, 0.3) is 0 Å². The summed E-state index contributed by atoms with van der Waals surface area (Å²) in [5.41, 5.74) is 4.88. The van der Waals surface area contributed by atoms with Gasteiger partial charge in [0.1, 0.15) is 5.82 Å². The van der Waals surface area contributed by atoms with Crippen LogP contribution in [0.15, 0.2) is 51.4 Å². The van der Waals surface area contributed by atoms with Gasteiger partial charge in [0.25, 0.3) is 0 Å². The Morgan fingerprint density at radius 1 is 1.16 bits per heavy atom. The van der Waals surface area contributed by atoms with Crippen molar-refractivity contribution in [1.82, 2.24) is 5.43 Å². The second-order valence-electron chi connectivity index (χ2n) is 4.21. The van der Waals surface area contributed by atoms with Gasteiger partial charge < -0.3 is 0 Å².